The quantitative estimate of drug-likeness (QED) is 0.883. The highest BCUT2D eigenvalue weighted by atomic mass is 32.2. The van der Waals surface area contributed by atoms with E-state index in [0.717, 1.165) is 23.6 Å². The predicted molar refractivity (Wildman–Crippen MR) is 82.7 cm³/mol. The lowest BCUT2D eigenvalue weighted by molar-refractivity contribution is 0.102. The van der Waals surface area contributed by atoms with Crippen LogP contribution in [-0.4, -0.2) is 22.1 Å². The molecular formula is C14H15N3OS2. The van der Waals surface area contributed by atoms with E-state index < -0.39 is 0 Å². The first-order chi connectivity index (χ1) is 9.78. The number of carbonyl (C=O) groups excluding carboxylic acids is 1. The minimum absolute atomic E-state index is 0.131. The van der Waals surface area contributed by atoms with Gasteiger partial charge in [-0.05, 0) is 44.1 Å². The topological polar surface area (TPSA) is 54.9 Å². The fourth-order valence-corrected chi connectivity index (χ4v) is 3.89. The number of fused-ring (bicyclic) bond motifs is 1. The predicted octanol–water partition coefficient (Wildman–Crippen LogP) is 3.39. The third-order valence-electron chi connectivity index (χ3n) is 3.28. The van der Waals surface area contributed by atoms with Crippen LogP contribution in [0.15, 0.2) is 23.4 Å². The van der Waals surface area contributed by atoms with Crippen LogP contribution in [0, 0.1) is 0 Å². The van der Waals surface area contributed by atoms with Gasteiger partial charge in [0.15, 0.2) is 5.13 Å². The number of nitrogens with one attached hydrogen (secondary N) is 1. The van der Waals surface area contributed by atoms with Gasteiger partial charge in [0.25, 0.3) is 5.91 Å². The number of nitrogens with zero attached hydrogens (tertiary/aromatic N) is 2. The van der Waals surface area contributed by atoms with E-state index in [-0.39, 0.29) is 5.91 Å². The van der Waals surface area contributed by atoms with Gasteiger partial charge in [-0.3, -0.25) is 10.1 Å². The van der Waals surface area contributed by atoms with Crippen LogP contribution >= 0.6 is 23.1 Å². The van der Waals surface area contributed by atoms with Crippen LogP contribution in [0.4, 0.5) is 5.13 Å². The number of carbonyl (C=O) groups is 1. The zero-order valence-electron chi connectivity index (χ0n) is 11.2. The van der Waals surface area contributed by atoms with Crippen LogP contribution in [0.3, 0.4) is 0 Å². The molecule has 0 unspecified atom stereocenters. The average Bonchev–Trinajstić information content (AvgIpc) is 2.89. The fraction of sp³-hybridized carbons (Fsp3) is 0.357. The lowest BCUT2D eigenvalue weighted by atomic mass is 10.0. The van der Waals surface area contributed by atoms with Crippen molar-refractivity contribution in [2.45, 2.75) is 30.7 Å². The Morgan fingerprint density at radius 1 is 1.40 bits per heavy atom. The highest BCUT2D eigenvalue weighted by Gasteiger charge is 2.18. The van der Waals surface area contributed by atoms with E-state index in [1.807, 2.05) is 6.26 Å². The molecule has 4 nitrogen and oxygen atoms in total. The summed E-state index contributed by atoms with van der Waals surface area (Å²) in [6, 6.07) is 3.57. The van der Waals surface area contributed by atoms with E-state index in [1.165, 1.54) is 29.5 Å². The van der Waals surface area contributed by atoms with Crippen molar-refractivity contribution in [1.29, 1.82) is 0 Å². The SMILES string of the molecule is CSc1ncccc1C(=O)Nc1nc2c(s1)CCCC2. The Morgan fingerprint density at radius 2 is 2.25 bits per heavy atom. The van der Waals surface area contributed by atoms with Crippen LogP contribution in [-0.2, 0) is 12.8 Å². The van der Waals surface area contributed by atoms with Gasteiger partial charge < -0.3 is 0 Å². The average molecular weight is 305 g/mol. The summed E-state index contributed by atoms with van der Waals surface area (Å²) in [5.41, 5.74) is 1.76. The number of rotatable bonds is 3. The van der Waals surface area contributed by atoms with Crippen LogP contribution in [0.25, 0.3) is 0 Å². The molecule has 0 aliphatic heterocycles. The third-order valence-corrected chi connectivity index (χ3v) is 5.06. The maximum absolute atomic E-state index is 12.3. The number of anilines is 1. The van der Waals surface area contributed by atoms with Crippen LogP contribution in [0.1, 0.15) is 33.8 Å². The molecule has 1 aliphatic rings. The van der Waals surface area contributed by atoms with Gasteiger partial charge in [-0.15, -0.1) is 23.1 Å². The van der Waals surface area contributed by atoms with Crippen molar-refractivity contribution in [3.8, 4) is 0 Å². The second kappa shape index (κ2) is 5.93. The van der Waals surface area contributed by atoms with E-state index in [4.69, 9.17) is 0 Å². The first-order valence-electron chi connectivity index (χ1n) is 6.57. The molecule has 1 amide bonds. The Kier molecular flexibility index (Phi) is 4.03. The van der Waals surface area contributed by atoms with E-state index in [1.54, 1.807) is 29.7 Å². The summed E-state index contributed by atoms with van der Waals surface area (Å²) in [5.74, 6) is -0.131. The number of thioether (sulfide) groups is 1. The van der Waals surface area contributed by atoms with Crippen molar-refractivity contribution in [3.05, 3.63) is 34.5 Å². The highest BCUT2D eigenvalue weighted by Crippen LogP contribution is 2.30. The Hall–Kier alpha value is -1.40. The fourth-order valence-electron chi connectivity index (χ4n) is 2.30. The molecule has 6 heteroatoms. The smallest absolute Gasteiger partial charge is 0.260 e. The summed E-state index contributed by atoms with van der Waals surface area (Å²) in [7, 11) is 0. The molecule has 0 spiro atoms. The molecule has 3 rings (SSSR count). The number of pyridine rings is 1. The highest BCUT2D eigenvalue weighted by molar-refractivity contribution is 7.98. The molecule has 0 bridgehead atoms. The van der Waals surface area contributed by atoms with Crippen molar-refractivity contribution in [3.63, 3.8) is 0 Å². The molecule has 2 aromatic rings. The third kappa shape index (κ3) is 2.71. The second-order valence-corrected chi connectivity index (χ2v) is 6.49. The Balaban J connectivity index is 1.80. The molecule has 1 aliphatic carbocycles. The van der Waals surface area contributed by atoms with Crippen molar-refractivity contribution < 1.29 is 4.79 Å². The normalized spacial score (nSPS) is 13.8. The molecule has 0 radical (unpaired) electrons. The first-order valence-corrected chi connectivity index (χ1v) is 8.61. The van der Waals surface area contributed by atoms with Gasteiger partial charge in [0.2, 0.25) is 0 Å². The Morgan fingerprint density at radius 3 is 3.05 bits per heavy atom. The summed E-state index contributed by atoms with van der Waals surface area (Å²) in [4.78, 5) is 22.4. The number of hydrogen-bond donors (Lipinski definition) is 1. The summed E-state index contributed by atoms with van der Waals surface area (Å²) >= 11 is 3.07. The standard InChI is InChI=1S/C14H15N3OS2/c1-19-13-9(5-4-8-15-13)12(18)17-14-16-10-6-2-3-7-11(10)20-14/h4-5,8H,2-3,6-7H2,1H3,(H,16,17,18). The lowest BCUT2D eigenvalue weighted by Crippen LogP contribution is -2.13. The Labute approximate surface area is 126 Å². The minimum Gasteiger partial charge on any atom is -0.298 e. The van der Waals surface area contributed by atoms with Gasteiger partial charge in [0.05, 0.1) is 11.3 Å². The van der Waals surface area contributed by atoms with Gasteiger partial charge in [0, 0.05) is 11.1 Å². The monoisotopic (exact) mass is 305 g/mol. The molecule has 2 aromatic heterocycles. The van der Waals surface area contributed by atoms with E-state index in [0.29, 0.717) is 10.7 Å². The molecule has 0 fully saturated rings. The molecule has 104 valence electrons. The lowest BCUT2D eigenvalue weighted by Gasteiger charge is -2.06. The van der Waals surface area contributed by atoms with Gasteiger partial charge >= 0.3 is 0 Å². The van der Waals surface area contributed by atoms with Gasteiger partial charge in [-0.2, -0.15) is 0 Å². The van der Waals surface area contributed by atoms with Crippen LogP contribution in [0.5, 0.6) is 0 Å². The number of aryl methyl sites for hydroxylation is 2. The number of amides is 1. The minimum atomic E-state index is -0.131. The van der Waals surface area contributed by atoms with Crippen molar-refractivity contribution in [2.75, 3.05) is 11.6 Å². The van der Waals surface area contributed by atoms with E-state index in [9.17, 15) is 4.79 Å². The van der Waals surface area contributed by atoms with Crippen LogP contribution in [0.2, 0.25) is 0 Å². The number of thiazole rings is 1. The zero-order valence-corrected chi connectivity index (χ0v) is 12.8. The molecule has 0 atom stereocenters. The van der Waals surface area contributed by atoms with Gasteiger partial charge in [-0.1, -0.05) is 0 Å². The molecule has 20 heavy (non-hydrogen) atoms. The van der Waals surface area contributed by atoms with Crippen molar-refractivity contribution >= 4 is 34.1 Å². The summed E-state index contributed by atoms with van der Waals surface area (Å²) in [6.07, 6.45) is 8.16. The molecule has 0 saturated carbocycles. The Bertz CT molecular complexity index is 616. The number of hydrogen-bond acceptors (Lipinski definition) is 5. The van der Waals surface area contributed by atoms with Crippen molar-refractivity contribution in [2.24, 2.45) is 0 Å². The van der Waals surface area contributed by atoms with E-state index >= 15 is 0 Å². The second-order valence-electron chi connectivity index (χ2n) is 4.61. The summed E-state index contributed by atoms with van der Waals surface area (Å²) in [6.45, 7) is 0. The largest absolute Gasteiger partial charge is 0.298 e. The zero-order chi connectivity index (χ0) is 13.9. The molecule has 1 N–H and O–H groups in total. The summed E-state index contributed by atoms with van der Waals surface area (Å²) < 4.78 is 0. The maximum Gasteiger partial charge on any atom is 0.260 e. The molecule has 0 saturated heterocycles. The molecule has 2 heterocycles. The van der Waals surface area contributed by atoms with Crippen LogP contribution < -0.4 is 5.32 Å². The first kappa shape index (κ1) is 13.6. The molecular weight excluding hydrogens is 290 g/mol. The summed E-state index contributed by atoms with van der Waals surface area (Å²) in [5, 5.41) is 4.35. The van der Waals surface area contributed by atoms with Gasteiger partial charge in [0.1, 0.15) is 5.03 Å². The molecule has 0 aromatic carbocycles. The van der Waals surface area contributed by atoms with E-state index in [2.05, 4.69) is 15.3 Å². The van der Waals surface area contributed by atoms with Crippen molar-refractivity contribution in [1.82, 2.24) is 9.97 Å². The number of aromatic nitrogens is 2. The van der Waals surface area contributed by atoms with Gasteiger partial charge in [-0.25, -0.2) is 9.97 Å². The maximum atomic E-state index is 12.3.